The molecule has 0 aliphatic carbocycles. The Morgan fingerprint density at radius 2 is 1.07 bits per heavy atom. The highest BCUT2D eigenvalue weighted by Crippen LogP contribution is 2.45. The van der Waals surface area contributed by atoms with Gasteiger partial charge < -0.3 is 40.1 Å². The Kier molecular flexibility index (Phi) is 8.97. The van der Waals surface area contributed by atoms with Gasteiger partial charge in [0, 0.05) is 46.3 Å². The van der Waals surface area contributed by atoms with Crippen LogP contribution in [-0.2, 0) is 25.7 Å². The molecule has 0 spiro atoms. The highest BCUT2D eigenvalue weighted by atomic mass is 35.5. The van der Waals surface area contributed by atoms with Crippen molar-refractivity contribution in [3.63, 3.8) is 0 Å². The van der Waals surface area contributed by atoms with Crippen LogP contribution in [-0.4, -0.2) is 30.6 Å². The van der Waals surface area contributed by atoms with Gasteiger partial charge in [-0.1, -0.05) is 52.5 Å². The molecular weight excluding hydrogens is 631 g/mol. The Balaban J connectivity index is 1.63. The lowest BCUT2D eigenvalue weighted by molar-refractivity contribution is 0.375. The van der Waals surface area contributed by atoms with Crippen LogP contribution in [0.15, 0.2) is 71.3 Å². The van der Waals surface area contributed by atoms with Crippen molar-refractivity contribution >= 4 is 34.8 Å². The van der Waals surface area contributed by atoms with Crippen molar-refractivity contribution in [1.82, 2.24) is 0 Å². The second-order valence-electron chi connectivity index (χ2n) is 10.4. The fourth-order valence-corrected chi connectivity index (χ4v) is 5.41. The third-order valence-electron chi connectivity index (χ3n) is 6.99. The van der Waals surface area contributed by atoms with Gasteiger partial charge in [0.25, 0.3) is 0 Å². The summed E-state index contributed by atoms with van der Waals surface area (Å²) in [6, 6.07) is 11.1. The van der Waals surface area contributed by atoms with Gasteiger partial charge in [0.1, 0.15) is 28.7 Å². The Hall–Kier alpha value is -4.37. The summed E-state index contributed by atoms with van der Waals surface area (Å²) in [5, 5.41) is 63.8. The van der Waals surface area contributed by atoms with E-state index in [2.05, 4.69) is 0 Å². The van der Waals surface area contributed by atoms with Crippen molar-refractivity contribution in [3.8, 4) is 57.5 Å². The number of halogens is 3. The first-order valence-electron chi connectivity index (χ1n) is 13.4. The van der Waals surface area contributed by atoms with E-state index in [4.69, 9.17) is 44.3 Å². The Labute approximate surface area is 267 Å². The zero-order valence-electron chi connectivity index (χ0n) is 23.2. The molecule has 228 valence electrons. The summed E-state index contributed by atoms with van der Waals surface area (Å²) >= 11 is 19.3. The largest absolute Gasteiger partial charge is 0.508 e. The highest BCUT2D eigenvalue weighted by molar-refractivity contribution is 6.32. The van der Waals surface area contributed by atoms with Gasteiger partial charge in [-0.25, -0.2) is 0 Å². The van der Waals surface area contributed by atoms with E-state index in [0.29, 0.717) is 28.7 Å². The lowest BCUT2D eigenvalue weighted by atomic mass is 10.0. The van der Waals surface area contributed by atoms with Gasteiger partial charge in [0.05, 0.1) is 10.0 Å². The standard InChI is InChI=1S/C33H27Cl3O8/c1-16-2-3-18-11-30(23(35)14-25(18)38)43-32-20(10-22(37)13-29(32)42)9-21(34)5-4-19-12-31(24(36)15-26(19)39)44-33-27(40)7-17(6-16)8-28(33)41/h2,5,7-8,10-15,37-42H,3-4,6,9H2,1H3/b16-2-,21-5+. The van der Waals surface area contributed by atoms with E-state index < -0.39 is 0 Å². The molecule has 0 amide bonds. The minimum Gasteiger partial charge on any atom is -0.508 e. The van der Waals surface area contributed by atoms with E-state index in [0.717, 1.165) is 11.6 Å². The third-order valence-corrected chi connectivity index (χ3v) is 7.87. The average molecular weight is 658 g/mol. The number of hydrogen-bond acceptors (Lipinski definition) is 8. The number of ether oxygens (including phenoxy) is 2. The molecule has 0 saturated heterocycles. The number of allylic oxidation sites excluding steroid dienone is 4. The van der Waals surface area contributed by atoms with Crippen molar-refractivity contribution < 1.29 is 40.1 Å². The molecular formula is C33H27Cl3O8. The van der Waals surface area contributed by atoms with Crippen LogP contribution in [0.4, 0.5) is 0 Å². The molecule has 0 unspecified atom stereocenters. The van der Waals surface area contributed by atoms with Crippen molar-refractivity contribution in [2.75, 3.05) is 0 Å². The van der Waals surface area contributed by atoms with Crippen LogP contribution in [0, 0.1) is 0 Å². The summed E-state index contributed by atoms with van der Waals surface area (Å²) in [6.45, 7) is 1.86. The maximum absolute atomic E-state index is 10.7. The topological polar surface area (TPSA) is 140 Å². The number of benzene rings is 4. The van der Waals surface area contributed by atoms with Gasteiger partial charge in [-0.3, -0.25) is 0 Å². The second-order valence-corrected chi connectivity index (χ2v) is 11.7. The summed E-state index contributed by atoms with van der Waals surface area (Å²) in [5.74, 6) is -1.37. The molecule has 8 nitrogen and oxygen atoms in total. The van der Waals surface area contributed by atoms with Crippen LogP contribution in [0.25, 0.3) is 0 Å². The zero-order valence-corrected chi connectivity index (χ0v) is 25.5. The van der Waals surface area contributed by atoms with Crippen LogP contribution in [0.3, 0.4) is 0 Å². The molecule has 0 radical (unpaired) electrons. The van der Waals surface area contributed by atoms with E-state index in [9.17, 15) is 30.6 Å². The minimum atomic E-state index is -0.352. The predicted molar refractivity (Wildman–Crippen MR) is 168 cm³/mol. The Bertz CT molecular complexity index is 1810. The SMILES string of the molecule is C/C1=C/Cc2cc(c(Cl)cc2O)Oc2c(O)cc(O)cc2C/C(Cl)=C\Cc2cc(c(Cl)cc2O)Oc2c(O)cc(cc2O)C1. The van der Waals surface area contributed by atoms with E-state index in [1.54, 1.807) is 12.1 Å². The fourth-order valence-electron chi connectivity index (χ4n) is 4.79. The van der Waals surface area contributed by atoms with Gasteiger partial charge in [-0.15, -0.1) is 0 Å². The molecule has 44 heavy (non-hydrogen) atoms. The van der Waals surface area contributed by atoms with Crippen LogP contribution in [0.1, 0.15) is 29.2 Å². The van der Waals surface area contributed by atoms with E-state index in [1.165, 1.54) is 36.4 Å². The number of aromatic hydroxyl groups is 6. The summed E-state index contributed by atoms with van der Waals surface area (Å²) in [6.07, 6.45) is 4.26. The fraction of sp³-hybridized carbons (Fsp3) is 0.152. The second kappa shape index (κ2) is 12.7. The molecule has 6 N–H and O–H groups in total. The van der Waals surface area contributed by atoms with Gasteiger partial charge in [0.2, 0.25) is 5.75 Å². The maximum Gasteiger partial charge on any atom is 0.210 e. The van der Waals surface area contributed by atoms with Crippen molar-refractivity contribution in [1.29, 1.82) is 0 Å². The quantitative estimate of drug-likeness (QED) is 0.103. The molecule has 2 aliphatic rings. The summed E-state index contributed by atoms with van der Waals surface area (Å²) in [5.41, 5.74) is 2.66. The molecule has 4 aromatic rings. The highest BCUT2D eigenvalue weighted by Gasteiger charge is 2.19. The smallest absolute Gasteiger partial charge is 0.210 e. The van der Waals surface area contributed by atoms with Gasteiger partial charge in [-0.2, -0.15) is 0 Å². The van der Waals surface area contributed by atoms with E-state index in [-0.39, 0.29) is 91.8 Å². The number of hydrogen-bond donors (Lipinski definition) is 6. The molecule has 6 bridgehead atoms. The predicted octanol–water partition coefficient (Wildman–Crippen LogP) is 8.76. The van der Waals surface area contributed by atoms with Crippen LogP contribution >= 0.6 is 34.8 Å². The van der Waals surface area contributed by atoms with Gasteiger partial charge in [0.15, 0.2) is 23.0 Å². The molecule has 4 aromatic carbocycles. The molecule has 2 heterocycles. The van der Waals surface area contributed by atoms with Crippen molar-refractivity contribution in [2.24, 2.45) is 0 Å². The monoisotopic (exact) mass is 656 g/mol. The molecule has 0 aromatic heterocycles. The summed E-state index contributed by atoms with van der Waals surface area (Å²) in [4.78, 5) is 0. The van der Waals surface area contributed by atoms with Gasteiger partial charge in [-0.05, 0) is 62.1 Å². The Morgan fingerprint density at radius 1 is 0.545 bits per heavy atom. The van der Waals surface area contributed by atoms with Crippen LogP contribution < -0.4 is 9.47 Å². The number of phenols is 6. The van der Waals surface area contributed by atoms with Crippen molar-refractivity contribution in [3.05, 3.63) is 104 Å². The number of fused-ring (bicyclic) bond motifs is 6. The minimum absolute atomic E-state index is 0.00872. The maximum atomic E-state index is 10.7. The number of phenolic OH excluding ortho intramolecular Hbond substituents is 6. The number of rotatable bonds is 0. The van der Waals surface area contributed by atoms with Crippen LogP contribution in [0.5, 0.6) is 57.5 Å². The van der Waals surface area contributed by atoms with E-state index in [1.807, 2.05) is 13.0 Å². The Morgan fingerprint density at radius 3 is 1.66 bits per heavy atom. The first-order chi connectivity index (χ1) is 20.9. The summed E-state index contributed by atoms with van der Waals surface area (Å²) < 4.78 is 11.8. The summed E-state index contributed by atoms with van der Waals surface area (Å²) in [7, 11) is 0. The normalized spacial score (nSPS) is 16.2. The lowest BCUT2D eigenvalue weighted by Crippen LogP contribution is -1.97. The molecule has 2 aliphatic heterocycles. The third kappa shape index (κ3) is 6.89. The van der Waals surface area contributed by atoms with E-state index >= 15 is 0 Å². The average Bonchev–Trinajstić information content (AvgIpc) is 2.93. The van der Waals surface area contributed by atoms with Gasteiger partial charge >= 0.3 is 0 Å². The zero-order chi connectivity index (χ0) is 31.7. The first-order valence-corrected chi connectivity index (χ1v) is 14.5. The van der Waals surface area contributed by atoms with Crippen molar-refractivity contribution in [2.45, 2.75) is 32.6 Å². The molecule has 0 atom stereocenters. The molecule has 11 heteroatoms. The molecule has 6 rings (SSSR count). The van der Waals surface area contributed by atoms with Crippen LogP contribution in [0.2, 0.25) is 10.0 Å². The molecule has 0 fully saturated rings. The molecule has 0 saturated carbocycles. The lowest BCUT2D eigenvalue weighted by Gasteiger charge is -2.16. The first kappa shape index (κ1) is 31.1.